The van der Waals surface area contributed by atoms with Crippen LogP contribution in [0.4, 0.5) is 5.69 Å². The average Bonchev–Trinajstić information content (AvgIpc) is 3.36. The summed E-state index contributed by atoms with van der Waals surface area (Å²) < 4.78 is 28.2. The van der Waals surface area contributed by atoms with Crippen LogP contribution in [0.2, 0.25) is 0 Å². The van der Waals surface area contributed by atoms with Crippen LogP contribution in [0.5, 0.6) is 28.7 Å². The third-order valence-electron chi connectivity index (χ3n) is 7.20. The number of aliphatic hydroxyl groups is 1. The molecular formula is C30H32N2O8. The van der Waals surface area contributed by atoms with E-state index in [2.05, 4.69) is 0 Å². The monoisotopic (exact) mass is 548 g/mol. The largest absolute Gasteiger partial charge is 0.493 e. The maximum absolute atomic E-state index is 14.0. The second kappa shape index (κ2) is 11.4. The smallest absolute Gasteiger partial charge is 0.256 e. The van der Waals surface area contributed by atoms with Crippen LogP contribution >= 0.6 is 0 Å². The molecular weight excluding hydrogens is 516 g/mol. The standard InChI is InChI=1S/C30H32N2O8/c1-36-24-13-21-22(14-25(24)40-17-18-8-6-5-7-9-18)31(30(35)23-12-20(33)16-32(23)29(21)34)15-19-10-26(37-2)28(39-4)27(11-19)38-3/h5-11,13-14,20,23,33H,12,15-17H2,1-4H3/t20-,23+/m1/s1. The molecule has 10 nitrogen and oxygen atoms in total. The summed E-state index contributed by atoms with van der Waals surface area (Å²) in [6.45, 7) is 0.438. The van der Waals surface area contributed by atoms with Crippen molar-refractivity contribution in [2.45, 2.75) is 31.7 Å². The minimum absolute atomic E-state index is 0.0707. The van der Waals surface area contributed by atoms with Crippen molar-refractivity contribution in [1.29, 1.82) is 0 Å². The molecule has 1 N–H and O–H groups in total. The maximum Gasteiger partial charge on any atom is 0.256 e. The number of aliphatic hydroxyl groups excluding tert-OH is 1. The van der Waals surface area contributed by atoms with Crippen molar-refractivity contribution in [3.05, 3.63) is 71.3 Å². The van der Waals surface area contributed by atoms with Crippen LogP contribution in [0.1, 0.15) is 27.9 Å². The maximum atomic E-state index is 14.0. The fourth-order valence-corrected chi connectivity index (χ4v) is 5.25. The number of rotatable bonds is 9. The minimum Gasteiger partial charge on any atom is -0.493 e. The van der Waals surface area contributed by atoms with Gasteiger partial charge in [0.05, 0.1) is 52.3 Å². The fourth-order valence-electron chi connectivity index (χ4n) is 5.25. The molecule has 3 aromatic carbocycles. The number of ether oxygens (including phenoxy) is 5. The fraction of sp³-hybridized carbons (Fsp3) is 0.333. The minimum atomic E-state index is -0.809. The van der Waals surface area contributed by atoms with Gasteiger partial charge in [0, 0.05) is 19.0 Å². The van der Waals surface area contributed by atoms with Gasteiger partial charge in [-0.05, 0) is 29.3 Å². The van der Waals surface area contributed by atoms with Gasteiger partial charge in [-0.1, -0.05) is 30.3 Å². The predicted molar refractivity (Wildman–Crippen MR) is 147 cm³/mol. The van der Waals surface area contributed by atoms with E-state index in [4.69, 9.17) is 23.7 Å². The summed E-state index contributed by atoms with van der Waals surface area (Å²) in [5.74, 6) is 1.40. The number of carbonyl (C=O) groups excluding carboxylic acids is 2. The number of fused-ring (bicyclic) bond motifs is 2. The Balaban J connectivity index is 1.61. The molecule has 0 radical (unpaired) electrons. The Kier molecular flexibility index (Phi) is 7.70. The molecule has 0 aromatic heterocycles. The Morgan fingerprint density at radius 1 is 0.825 bits per heavy atom. The number of hydrogen-bond donors (Lipinski definition) is 1. The lowest BCUT2D eigenvalue weighted by Crippen LogP contribution is -2.44. The Hall–Kier alpha value is -4.44. The molecule has 0 saturated carbocycles. The van der Waals surface area contributed by atoms with Crippen molar-refractivity contribution in [3.63, 3.8) is 0 Å². The zero-order chi connectivity index (χ0) is 28.4. The molecule has 1 fully saturated rings. The Bertz CT molecular complexity index is 1390. The van der Waals surface area contributed by atoms with Crippen LogP contribution < -0.4 is 28.6 Å². The SMILES string of the molecule is COc1cc2c(cc1OCc1ccccc1)N(Cc1cc(OC)c(OC)c(OC)c1)C(=O)[C@@H]1C[C@@H](O)CN1C2=O. The van der Waals surface area contributed by atoms with Gasteiger partial charge in [-0.25, -0.2) is 0 Å². The molecule has 40 heavy (non-hydrogen) atoms. The molecule has 2 aliphatic heterocycles. The van der Waals surface area contributed by atoms with Crippen LogP contribution in [0.3, 0.4) is 0 Å². The number of hydrogen-bond acceptors (Lipinski definition) is 8. The van der Waals surface area contributed by atoms with Crippen LogP contribution in [0.15, 0.2) is 54.6 Å². The summed E-state index contributed by atoms with van der Waals surface area (Å²) >= 11 is 0. The van der Waals surface area contributed by atoms with Gasteiger partial charge in [0.2, 0.25) is 11.7 Å². The number of nitrogens with zero attached hydrogens (tertiary/aromatic N) is 2. The van der Waals surface area contributed by atoms with E-state index in [0.717, 1.165) is 5.56 Å². The van der Waals surface area contributed by atoms with Gasteiger partial charge in [0.1, 0.15) is 12.6 Å². The van der Waals surface area contributed by atoms with Crippen molar-refractivity contribution in [3.8, 4) is 28.7 Å². The van der Waals surface area contributed by atoms with Crippen molar-refractivity contribution in [1.82, 2.24) is 4.90 Å². The summed E-state index contributed by atoms with van der Waals surface area (Å²) in [6.07, 6.45) is -0.642. The lowest BCUT2D eigenvalue weighted by molar-refractivity contribution is -0.122. The molecule has 0 aliphatic carbocycles. The highest BCUT2D eigenvalue weighted by atomic mass is 16.5. The number of amides is 2. The van der Waals surface area contributed by atoms with Gasteiger partial charge in [-0.2, -0.15) is 0 Å². The molecule has 0 unspecified atom stereocenters. The molecule has 2 aliphatic rings. The van der Waals surface area contributed by atoms with E-state index in [1.165, 1.54) is 33.3 Å². The van der Waals surface area contributed by atoms with E-state index >= 15 is 0 Å². The highest BCUT2D eigenvalue weighted by Crippen LogP contribution is 2.42. The number of methoxy groups -OCH3 is 4. The van der Waals surface area contributed by atoms with Gasteiger partial charge in [0.25, 0.3) is 5.91 Å². The zero-order valence-electron chi connectivity index (χ0n) is 22.9. The first kappa shape index (κ1) is 27.1. The van der Waals surface area contributed by atoms with E-state index in [9.17, 15) is 14.7 Å². The van der Waals surface area contributed by atoms with Crippen molar-refractivity contribution in [2.75, 3.05) is 39.9 Å². The van der Waals surface area contributed by atoms with Crippen molar-refractivity contribution < 1.29 is 38.4 Å². The molecule has 2 atom stereocenters. The molecule has 0 spiro atoms. The first-order chi connectivity index (χ1) is 19.4. The zero-order valence-corrected chi connectivity index (χ0v) is 22.9. The van der Waals surface area contributed by atoms with E-state index in [1.807, 2.05) is 30.3 Å². The average molecular weight is 549 g/mol. The van der Waals surface area contributed by atoms with E-state index in [0.29, 0.717) is 40.0 Å². The normalized spacial score (nSPS) is 18.1. The summed E-state index contributed by atoms with van der Waals surface area (Å²) in [7, 11) is 6.06. The lowest BCUT2D eigenvalue weighted by Gasteiger charge is -2.27. The first-order valence-corrected chi connectivity index (χ1v) is 12.9. The Morgan fingerprint density at radius 3 is 2.12 bits per heavy atom. The van der Waals surface area contributed by atoms with Crippen LogP contribution in [0, 0.1) is 0 Å². The van der Waals surface area contributed by atoms with Gasteiger partial charge in [0.15, 0.2) is 23.0 Å². The van der Waals surface area contributed by atoms with E-state index in [-0.39, 0.29) is 43.5 Å². The molecule has 210 valence electrons. The third kappa shape index (κ3) is 4.98. The predicted octanol–water partition coefficient (Wildman–Crippen LogP) is 3.42. The molecule has 10 heteroatoms. The van der Waals surface area contributed by atoms with E-state index < -0.39 is 12.1 Å². The van der Waals surface area contributed by atoms with Crippen LogP contribution in [0.25, 0.3) is 0 Å². The summed E-state index contributed by atoms with van der Waals surface area (Å²) in [4.78, 5) is 30.7. The first-order valence-electron chi connectivity index (χ1n) is 12.9. The van der Waals surface area contributed by atoms with Crippen LogP contribution in [-0.4, -0.2) is 69.0 Å². The van der Waals surface area contributed by atoms with Crippen LogP contribution in [-0.2, 0) is 17.9 Å². The quantitative estimate of drug-likeness (QED) is 0.434. The number of carbonyl (C=O) groups is 2. The summed E-state index contributed by atoms with van der Waals surface area (Å²) in [5, 5.41) is 10.4. The van der Waals surface area contributed by atoms with Gasteiger partial charge in [-0.3, -0.25) is 9.59 Å². The Morgan fingerprint density at radius 2 is 1.50 bits per heavy atom. The topological polar surface area (TPSA) is 107 Å². The van der Waals surface area contributed by atoms with Crippen molar-refractivity contribution in [2.24, 2.45) is 0 Å². The number of anilines is 1. The third-order valence-corrected chi connectivity index (χ3v) is 7.20. The van der Waals surface area contributed by atoms with Gasteiger partial charge in [-0.15, -0.1) is 0 Å². The molecule has 0 bridgehead atoms. The van der Waals surface area contributed by atoms with E-state index in [1.54, 1.807) is 29.2 Å². The van der Waals surface area contributed by atoms with Gasteiger partial charge < -0.3 is 38.6 Å². The molecule has 5 rings (SSSR count). The Labute approximate surface area is 232 Å². The summed E-state index contributed by atoms with van der Waals surface area (Å²) in [6, 6.07) is 15.6. The van der Waals surface area contributed by atoms with Crippen molar-refractivity contribution >= 4 is 17.5 Å². The molecule has 2 amide bonds. The lowest BCUT2D eigenvalue weighted by atomic mass is 10.1. The molecule has 2 heterocycles. The second-order valence-electron chi connectivity index (χ2n) is 9.62. The van der Waals surface area contributed by atoms with Gasteiger partial charge >= 0.3 is 0 Å². The summed E-state index contributed by atoms with van der Waals surface area (Å²) in [5.41, 5.74) is 2.31. The number of benzene rings is 3. The second-order valence-corrected chi connectivity index (χ2v) is 9.62. The molecule has 3 aromatic rings. The highest BCUT2D eigenvalue weighted by Gasteiger charge is 2.45. The molecule has 1 saturated heterocycles. The highest BCUT2D eigenvalue weighted by molar-refractivity contribution is 6.11.